The molecular weight excluding hydrogens is 344 g/mol. The number of benzene rings is 1. The van der Waals surface area contributed by atoms with Crippen molar-refractivity contribution in [3.8, 4) is 17.3 Å². The summed E-state index contributed by atoms with van der Waals surface area (Å²) in [6, 6.07) is 12.9. The number of ether oxygens (including phenoxy) is 2. The number of carbonyl (C=O) groups excluding carboxylic acids is 1. The van der Waals surface area contributed by atoms with Gasteiger partial charge >= 0.3 is 0 Å². The maximum Gasteiger partial charge on any atom is 0.258 e. The lowest BCUT2D eigenvalue weighted by molar-refractivity contribution is -0.123. The molecule has 0 saturated carbocycles. The van der Waals surface area contributed by atoms with Gasteiger partial charge in [0, 0.05) is 24.5 Å². The zero-order chi connectivity index (χ0) is 19.2. The van der Waals surface area contributed by atoms with E-state index in [1.54, 1.807) is 30.1 Å². The summed E-state index contributed by atoms with van der Waals surface area (Å²) in [6.07, 6.45) is 1.73. The summed E-state index contributed by atoms with van der Waals surface area (Å²) in [6.45, 7) is 4.24. The highest BCUT2D eigenvalue weighted by Gasteiger charge is 2.07. The van der Waals surface area contributed by atoms with Crippen LogP contribution >= 0.6 is 0 Å². The first-order chi connectivity index (χ1) is 13.0. The van der Waals surface area contributed by atoms with Crippen molar-refractivity contribution < 1.29 is 14.3 Å². The summed E-state index contributed by atoms with van der Waals surface area (Å²) in [5.74, 6) is 1.81. The van der Waals surface area contributed by atoms with Crippen molar-refractivity contribution in [3.63, 3.8) is 0 Å². The summed E-state index contributed by atoms with van der Waals surface area (Å²) < 4.78 is 12.4. The van der Waals surface area contributed by atoms with E-state index in [9.17, 15) is 4.79 Å². The van der Waals surface area contributed by atoms with E-state index in [1.165, 1.54) is 0 Å². The van der Waals surface area contributed by atoms with Crippen LogP contribution in [0.4, 0.5) is 0 Å². The topological polar surface area (TPSA) is 78.3 Å². The number of aryl methyl sites for hydroxylation is 2. The minimum Gasteiger partial charge on any atom is -0.497 e. The maximum atomic E-state index is 12.0. The number of methoxy groups -OCH3 is 1. The lowest BCUT2D eigenvalue weighted by atomic mass is 10.3. The molecule has 1 amide bonds. The van der Waals surface area contributed by atoms with Gasteiger partial charge in [-0.3, -0.25) is 4.79 Å². The average Bonchev–Trinajstić information content (AvgIpc) is 3.03. The van der Waals surface area contributed by atoms with Gasteiger partial charge < -0.3 is 14.8 Å². The highest BCUT2D eigenvalue weighted by molar-refractivity contribution is 5.77. The van der Waals surface area contributed by atoms with Crippen LogP contribution in [0, 0.1) is 13.8 Å². The Labute approximate surface area is 158 Å². The summed E-state index contributed by atoms with van der Waals surface area (Å²) in [5.41, 5.74) is 2.87. The van der Waals surface area contributed by atoms with Crippen LogP contribution in [0.1, 0.15) is 17.0 Å². The molecule has 0 aliphatic rings. The van der Waals surface area contributed by atoms with E-state index >= 15 is 0 Å². The quantitative estimate of drug-likeness (QED) is 0.695. The molecule has 2 heterocycles. The zero-order valence-corrected chi connectivity index (χ0v) is 15.6. The molecule has 0 spiro atoms. The van der Waals surface area contributed by atoms with E-state index in [-0.39, 0.29) is 12.5 Å². The Hall–Kier alpha value is -3.35. The van der Waals surface area contributed by atoms with Gasteiger partial charge in [-0.05, 0) is 43.7 Å². The van der Waals surface area contributed by atoms with Gasteiger partial charge in [0.25, 0.3) is 5.91 Å². The third kappa shape index (κ3) is 4.84. The van der Waals surface area contributed by atoms with Gasteiger partial charge in [0.05, 0.1) is 12.8 Å². The zero-order valence-electron chi connectivity index (χ0n) is 15.6. The van der Waals surface area contributed by atoms with Crippen molar-refractivity contribution in [2.24, 2.45) is 0 Å². The first-order valence-electron chi connectivity index (χ1n) is 8.57. The molecule has 27 heavy (non-hydrogen) atoms. The van der Waals surface area contributed by atoms with Crippen molar-refractivity contribution in [2.75, 3.05) is 13.7 Å². The number of pyridine rings is 1. The Morgan fingerprint density at radius 2 is 1.96 bits per heavy atom. The lowest BCUT2D eigenvalue weighted by Gasteiger charge is -2.09. The van der Waals surface area contributed by atoms with Crippen LogP contribution in [0.15, 0.2) is 48.7 Å². The monoisotopic (exact) mass is 366 g/mol. The van der Waals surface area contributed by atoms with Crippen LogP contribution in [0.25, 0.3) is 5.82 Å². The molecular formula is C20H22N4O3. The van der Waals surface area contributed by atoms with Crippen LogP contribution in [0.2, 0.25) is 0 Å². The van der Waals surface area contributed by atoms with Crippen LogP contribution in [-0.2, 0) is 11.3 Å². The number of amides is 1. The number of nitrogens with zero attached hydrogens (tertiary/aromatic N) is 3. The standard InChI is InChI=1S/C20H22N4O3/c1-14-9-15(2)24(23-14)19-8-7-16(11-21-19)12-22-20(25)13-27-18-6-4-5-17(10-18)26-3/h4-11H,12-13H2,1-3H3,(H,22,25). The Bertz CT molecular complexity index is 919. The number of carbonyl (C=O) groups is 1. The summed E-state index contributed by atoms with van der Waals surface area (Å²) in [7, 11) is 1.58. The van der Waals surface area contributed by atoms with Gasteiger partial charge in [-0.25, -0.2) is 9.67 Å². The molecule has 1 N–H and O–H groups in total. The normalized spacial score (nSPS) is 10.5. The predicted molar refractivity (Wildman–Crippen MR) is 101 cm³/mol. The Morgan fingerprint density at radius 1 is 1.15 bits per heavy atom. The van der Waals surface area contributed by atoms with Gasteiger partial charge in [-0.2, -0.15) is 5.10 Å². The Morgan fingerprint density at radius 3 is 2.63 bits per heavy atom. The first kappa shape index (κ1) is 18.4. The van der Waals surface area contributed by atoms with E-state index in [1.807, 2.05) is 44.2 Å². The molecule has 3 aromatic rings. The summed E-state index contributed by atoms with van der Waals surface area (Å²) in [5, 5.41) is 7.22. The first-order valence-corrected chi connectivity index (χ1v) is 8.57. The minimum absolute atomic E-state index is 0.0650. The fourth-order valence-electron chi connectivity index (χ4n) is 2.60. The molecule has 0 atom stereocenters. The van der Waals surface area contributed by atoms with Crippen molar-refractivity contribution in [3.05, 3.63) is 65.6 Å². The van der Waals surface area contributed by atoms with Gasteiger partial charge in [0.2, 0.25) is 0 Å². The number of aromatic nitrogens is 3. The third-order valence-electron chi connectivity index (χ3n) is 3.94. The van der Waals surface area contributed by atoms with Crippen LogP contribution in [0.3, 0.4) is 0 Å². The van der Waals surface area contributed by atoms with Crippen molar-refractivity contribution in [1.29, 1.82) is 0 Å². The molecule has 0 fully saturated rings. The smallest absolute Gasteiger partial charge is 0.258 e. The predicted octanol–water partition coefficient (Wildman–Crippen LogP) is 2.59. The number of nitrogens with one attached hydrogen (secondary N) is 1. The lowest BCUT2D eigenvalue weighted by Crippen LogP contribution is -2.28. The molecule has 0 aliphatic heterocycles. The van der Waals surface area contributed by atoms with E-state index in [4.69, 9.17) is 9.47 Å². The number of hydrogen-bond acceptors (Lipinski definition) is 5. The van der Waals surface area contributed by atoms with Gasteiger partial charge in [0.15, 0.2) is 12.4 Å². The highest BCUT2D eigenvalue weighted by atomic mass is 16.5. The highest BCUT2D eigenvalue weighted by Crippen LogP contribution is 2.18. The third-order valence-corrected chi connectivity index (χ3v) is 3.94. The molecule has 140 valence electrons. The maximum absolute atomic E-state index is 12.0. The Kier molecular flexibility index (Phi) is 5.71. The molecule has 0 saturated heterocycles. The number of hydrogen-bond donors (Lipinski definition) is 1. The minimum atomic E-state index is -0.208. The molecule has 7 nitrogen and oxygen atoms in total. The van der Waals surface area contributed by atoms with Crippen molar-refractivity contribution in [2.45, 2.75) is 20.4 Å². The molecule has 0 bridgehead atoms. The second-order valence-electron chi connectivity index (χ2n) is 6.11. The van der Waals surface area contributed by atoms with E-state index in [2.05, 4.69) is 15.4 Å². The van der Waals surface area contributed by atoms with E-state index in [0.29, 0.717) is 18.0 Å². The molecule has 3 rings (SSSR count). The molecule has 0 radical (unpaired) electrons. The van der Waals surface area contributed by atoms with Crippen LogP contribution < -0.4 is 14.8 Å². The van der Waals surface area contributed by atoms with E-state index in [0.717, 1.165) is 22.8 Å². The van der Waals surface area contributed by atoms with Crippen LogP contribution in [-0.4, -0.2) is 34.4 Å². The molecule has 7 heteroatoms. The van der Waals surface area contributed by atoms with Gasteiger partial charge in [0.1, 0.15) is 11.5 Å². The largest absolute Gasteiger partial charge is 0.497 e. The summed E-state index contributed by atoms with van der Waals surface area (Å²) >= 11 is 0. The second kappa shape index (κ2) is 8.35. The van der Waals surface area contributed by atoms with Crippen LogP contribution in [0.5, 0.6) is 11.5 Å². The Balaban J connectivity index is 1.50. The number of rotatable bonds is 7. The average molecular weight is 366 g/mol. The van der Waals surface area contributed by atoms with Gasteiger partial charge in [-0.1, -0.05) is 12.1 Å². The second-order valence-corrected chi connectivity index (χ2v) is 6.11. The van der Waals surface area contributed by atoms with Crippen molar-refractivity contribution in [1.82, 2.24) is 20.1 Å². The molecule has 0 aliphatic carbocycles. The van der Waals surface area contributed by atoms with Gasteiger partial charge in [-0.15, -0.1) is 0 Å². The summed E-state index contributed by atoms with van der Waals surface area (Å²) in [4.78, 5) is 16.4. The van der Waals surface area contributed by atoms with E-state index < -0.39 is 0 Å². The fourth-order valence-corrected chi connectivity index (χ4v) is 2.60. The SMILES string of the molecule is COc1cccc(OCC(=O)NCc2ccc(-n3nc(C)cc3C)nc2)c1. The molecule has 1 aromatic carbocycles. The van der Waals surface area contributed by atoms with Crippen molar-refractivity contribution >= 4 is 5.91 Å². The molecule has 0 unspecified atom stereocenters. The molecule has 2 aromatic heterocycles. The fraction of sp³-hybridized carbons (Fsp3) is 0.250.